The molecule has 0 aromatic heterocycles. The van der Waals surface area contributed by atoms with Crippen molar-refractivity contribution in [2.75, 3.05) is 26.8 Å². The third-order valence-electron chi connectivity index (χ3n) is 2.72. The van der Waals surface area contributed by atoms with Gasteiger partial charge < -0.3 is 14.8 Å². The third kappa shape index (κ3) is 2.96. The first-order valence-corrected chi connectivity index (χ1v) is 5.89. The van der Waals surface area contributed by atoms with Gasteiger partial charge in [-0.2, -0.15) is 0 Å². The zero-order valence-electron chi connectivity index (χ0n) is 9.63. The highest BCUT2D eigenvalue weighted by Crippen LogP contribution is 2.28. The average Bonchev–Trinajstić information content (AvgIpc) is 2.35. The van der Waals surface area contributed by atoms with Crippen LogP contribution in [0.1, 0.15) is 17.2 Å². The van der Waals surface area contributed by atoms with Gasteiger partial charge in [0, 0.05) is 36.3 Å². The van der Waals surface area contributed by atoms with Crippen molar-refractivity contribution in [2.24, 2.45) is 0 Å². The normalized spacial score (nSPS) is 20.5. The molecule has 1 aromatic rings. The summed E-state index contributed by atoms with van der Waals surface area (Å²) in [4.78, 5) is 0. The first kappa shape index (κ1) is 12.8. The molecule has 0 spiro atoms. The second-order valence-electron chi connectivity index (χ2n) is 3.96. The van der Waals surface area contributed by atoms with Crippen LogP contribution in [0.25, 0.3) is 0 Å². The number of methoxy groups -OCH3 is 1. The zero-order valence-corrected chi connectivity index (χ0v) is 10.4. The van der Waals surface area contributed by atoms with Crippen molar-refractivity contribution in [3.05, 3.63) is 34.1 Å². The molecule has 0 bridgehead atoms. The van der Waals surface area contributed by atoms with E-state index in [9.17, 15) is 4.39 Å². The molecule has 5 heteroatoms. The van der Waals surface area contributed by atoms with Crippen molar-refractivity contribution in [2.45, 2.75) is 12.7 Å². The van der Waals surface area contributed by atoms with E-state index in [2.05, 4.69) is 5.32 Å². The summed E-state index contributed by atoms with van der Waals surface area (Å²) in [5.74, 6) is -0.287. The SMILES string of the molecule is COCc1cc(Cl)cc(C2CNCCO2)c1F. The van der Waals surface area contributed by atoms with Gasteiger partial charge in [-0.3, -0.25) is 0 Å². The molecule has 3 nitrogen and oxygen atoms in total. The summed E-state index contributed by atoms with van der Waals surface area (Å²) in [6.07, 6.45) is -0.280. The number of nitrogens with one attached hydrogen (secondary N) is 1. The Balaban J connectivity index is 2.31. The van der Waals surface area contributed by atoms with E-state index in [1.54, 1.807) is 12.1 Å². The van der Waals surface area contributed by atoms with E-state index >= 15 is 0 Å². The number of hydrogen-bond donors (Lipinski definition) is 1. The molecule has 1 aliphatic rings. The van der Waals surface area contributed by atoms with Crippen molar-refractivity contribution < 1.29 is 13.9 Å². The van der Waals surface area contributed by atoms with Gasteiger partial charge in [-0.05, 0) is 12.1 Å². The van der Waals surface area contributed by atoms with Crippen LogP contribution in [0.5, 0.6) is 0 Å². The quantitative estimate of drug-likeness (QED) is 0.904. The van der Waals surface area contributed by atoms with Gasteiger partial charge in [0.25, 0.3) is 0 Å². The van der Waals surface area contributed by atoms with Crippen molar-refractivity contribution in [1.82, 2.24) is 5.32 Å². The van der Waals surface area contributed by atoms with Gasteiger partial charge in [0.05, 0.1) is 19.3 Å². The average molecular weight is 260 g/mol. The first-order chi connectivity index (χ1) is 8.22. The van der Waals surface area contributed by atoms with Crippen LogP contribution < -0.4 is 5.32 Å². The summed E-state index contributed by atoms with van der Waals surface area (Å²) in [5, 5.41) is 3.67. The second-order valence-corrected chi connectivity index (χ2v) is 4.40. The Labute approximate surface area is 105 Å². The fraction of sp³-hybridized carbons (Fsp3) is 0.500. The Morgan fingerprint density at radius 1 is 1.59 bits per heavy atom. The van der Waals surface area contributed by atoms with Crippen LogP contribution in [0.2, 0.25) is 5.02 Å². The molecule has 0 saturated carbocycles. The summed E-state index contributed by atoms with van der Waals surface area (Å²) < 4.78 is 24.7. The highest BCUT2D eigenvalue weighted by atomic mass is 35.5. The fourth-order valence-electron chi connectivity index (χ4n) is 1.93. The largest absolute Gasteiger partial charge is 0.380 e. The molecule has 94 valence electrons. The van der Waals surface area contributed by atoms with E-state index in [-0.39, 0.29) is 18.5 Å². The molecule has 1 atom stereocenters. The minimum Gasteiger partial charge on any atom is -0.380 e. The van der Waals surface area contributed by atoms with E-state index in [4.69, 9.17) is 21.1 Å². The van der Waals surface area contributed by atoms with Gasteiger partial charge >= 0.3 is 0 Å². The van der Waals surface area contributed by atoms with Gasteiger partial charge in [-0.1, -0.05) is 11.6 Å². The lowest BCUT2D eigenvalue weighted by Crippen LogP contribution is -2.33. The van der Waals surface area contributed by atoms with E-state index in [0.717, 1.165) is 6.54 Å². The molecular weight excluding hydrogens is 245 g/mol. The number of morpholine rings is 1. The summed E-state index contributed by atoms with van der Waals surface area (Å²) in [6.45, 7) is 2.18. The number of hydrogen-bond acceptors (Lipinski definition) is 3. The van der Waals surface area contributed by atoms with Gasteiger partial charge in [-0.25, -0.2) is 4.39 Å². The Kier molecular flexibility index (Phi) is 4.34. The highest BCUT2D eigenvalue weighted by Gasteiger charge is 2.21. The highest BCUT2D eigenvalue weighted by molar-refractivity contribution is 6.30. The molecule has 1 N–H and O–H groups in total. The minimum atomic E-state index is -0.287. The summed E-state index contributed by atoms with van der Waals surface area (Å²) in [6, 6.07) is 3.20. The van der Waals surface area contributed by atoms with Crippen molar-refractivity contribution >= 4 is 11.6 Å². The Morgan fingerprint density at radius 2 is 2.41 bits per heavy atom. The molecule has 1 heterocycles. The molecule has 0 radical (unpaired) electrons. The summed E-state index contributed by atoms with van der Waals surface area (Å²) in [7, 11) is 1.53. The van der Waals surface area contributed by atoms with Gasteiger partial charge in [0.15, 0.2) is 0 Å². The van der Waals surface area contributed by atoms with Crippen LogP contribution in [-0.2, 0) is 16.1 Å². The van der Waals surface area contributed by atoms with Crippen LogP contribution in [-0.4, -0.2) is 26.8 Å². The Bertz CT molecular complexity index is 394. The van der Waals surface area contributed by atoms with Crippen LogP contribution in [0.4, 0.5) is 4.39 Å². The lowest BCUT2D eigenvalue weighted by Gasteiger charge is -2.25. The maximum absolute atomic E-state index is 14.2. The van der Waals surface area contributed by atoms with Gasteiger partial charge in [0.2, 0.25) is 0 Å². The smallest absolute Gasteiger partial charge is 0.134 e. The summed E-state index contributed by atoms with van der Waals surface area (Å²) in [5.41, 5.74) is 0.959. The molecule has 17 heavy (non-hydrogen) atoms. The van der Waals surface area contributed by atoms with E-state index in [1.165, 1.54) is 7.11 Å². The van der Waals surface area contributed by atoms with E-state index in [1.807, 2.05) is 0 Å². The predicted molar refractivity (Wildman–Crippen MR) is 63.7 cm³/mol. The van der Waals surface area contributed by atoms with Crippen LogP contribution in [0.3, 0.4) is 0 Å². The monoisotopic (exact) mass is 259 g/mol. The Hall–Kier alpha value is -0.680. The predicted octanol–water partition coefficient (Wildman–Crippen LogP) is 2.29. The maximum atomic E-state index is 14.2. The van der Waals surface area contributed by atoms with E-state index < -0.39 is 0 Å². The van der Waals surface area contributed by atoms with Crippen molar-refractivity contribution in [1.29, 1.82) is 0 Å². The topological polar surface area (TPSA) is 30.5 Å². The summed E-state index contributed by atoms with van der Waals surface area (Å²) >= 11 is 5.98. The fourth-order valence-corrected chi connectivity index (χ4v) is 2.18. The molecule has 2 rings (SSSR count). The molecule has 1 aliphatic heterocycles. The first-order valence-electron chi connectivity index (χ1n) is 5.51. The van der Waals surface area contributed by atoms with Crippen LogP contribution in [0.15, 0.2) is 12.1 Å². The van der Waals surface area contributed by atoms with Crippen LogP contribution in [0, 0.1) is 5.82 Å². The lowest BCUT2D eigenvalue weighted by molar-refractivity contribution is 0.0252. The second kappa shape index (κ2) is 5.78. The van der Waals surface area contributed by atoms with Crippen LogP contribution >= 0.6 is 11.6 Å². The third-order valence-corrected chi connectivity index (χ3v) is 2.93. The number of rotatable bonds is 3. The molecule has 1 fully saturated rings. The Morgan fingerprint density at radius 3 is 3.06 bits per heavy atom. The number of ether oxygens (including phenoxy) is 2. The number of halogens is 2. The molecule has 1 aromatic carbocycles. The van der Waals surface area contributed by atoms with Gasteiger partial charge in [-0.15, -0.1) is 0 Å². The molecule has 1 unspecified atom stereocenters. The molecule has 0 aliphatic carbocycles. The molecule has 0 amide bonds. The maximum Gasteiger partial charge on any atom is 0.134 e. The lowest BCUT2D eigenvalue weighted by atomic mass is 10.0. The zero-order chi connectivity index (χ0) is 12.3. The molecular formula is C12H15ClFNO2. The standard InChI is InChI=1S/C12H15ClFNO2/c1-16-7-8-4-9(13)5-10(12(8)14)11-6-15-2-3-17-11/h4-5,11,15H,2-3,6-7H2,1H3. The minimum absolute atomic E-state index is 0.208. The van der Waals surface area contributed by atoms with Gasteiger partial charge in [0.1, 0.15) is 5.82 Å². The van der Waals surface area contributed by atoms with E-state index in [0.29, 0.717) is 29.3 Å². The molecule has 1 saturated heterocycles. The number of benzene rings is 1. The van der Waals surface area contributed by atoms with Crippen molar-refractivity contribution in [3.63, 3.8) is 0 Å². The van der Waals surface area contributed by atoms with Crippen molar-refractivity contribution in [3.8, 4) is 0 Å².